The van der Waals surface area contributed by atoms with Crippen LogP contribution in [-0.2, 0) is 11.2 Å². The van der Waals surface area contributed by atoms with Crippen molar-refractivity contribution in [1.29, 1.82) is 0 Å². The number of carbonyl (C=O) groups excluding carboxylic acids is 1. The quantitative estimate of drug-likeness (QED) is 0.910. The van der Waals surface area contributed by atoms with E-state index in [2.05, 4.69) is 0 Å². The SMILES string of the molecule is Cc1cccc(C)c1C(=O)S[C@H](Cc1ccccc1)C(=O)O. The second kappa shape index (κ2) is 7.27. The lowest BCUT2D eigenvalue weighted by molar-refractivity contribution is -0.136. The summed E-state index contributed by atoms with van der Waals surface area (Å²) >= 11 is 0.891. The van der Waals surface area contributed by atoms with Crippen molar-refractivity contribution >= 4 is 22.8 Å². The second-order valence-electron chi connectivity index (χ2n) is 5.19. The number of hydrogen-bond acceptors (Lipinski definition) is 3. The van der Waals surface area contributed by atoms with Gasteiger partial charge in [0.25, 0.3) is 0 Å². The van der Waals surface area contributed by atoms with Crippen LogP contribution in [0.5, 0.6) is 0 Å². The van der Waals surface area contributed by atoms with E-state index in [9.17, 15) is 14.7 Å². The van der Waals surface area contributed by atoms with E-state index in [1.54, 1.807) is 0 Å². The maximum absolute atomic E-state index is 12.5. The molecule has 1 atom stereocenters. The molecular weight excluding hydrogens is 296 g/mol. The lowest BCUT2D eigenvalue weighted by Gasteiger charge is -2.13. The summed E-state index contributed by atoms with van der Waals surface area (Å²) in [6, 6.07) is 15.0. The molecule has 4 heteroatoms. The summed E-state index contributed by atoms with van der Waals surface area (Å²) in [7, 11) is 0. The lowest BCUT2D eigenvalue weighted by atomic mass is 10.0. The molecule has 0 unspecified atom stereocenters. The predicted octanol–water partition coefficient (Wildman–Crippen LogP) is 3.87. The minimum atomic E-state index is -0.964. The third-order valence-corrected chi connectivity index (χ3v) is 4.54. The van der Waals surface area contributed by atoms with Gasteiger partial charge in [-0.3, -0.25) is 9.59 Å². The molecule has 0 aliphatic carbocycles. The molecule has 0 amide bonds. The van der Waals surface area contributed by atoms with Crippen molar-refractivity contribution in [3.8, 4) is 0 Å². The molecule has 3 nitrogen and oxygen atoms in total. The fraction of sp³-hybridized carbons (Fsp3) is 0.222. The van der Waals surface area contributed by atoms with Gasteiger partial charge in [0.2, 0.25) is 5.12 Å². The van der Waals surface area contributed by atoms with E-state index in [0.29, 0.717) is 12.0 Å². The molecule has 0 spiro atoms. The first-order valence-electron chi connectivity index (χ1n) is 7.03. The average molecular weight is 314 g/mol. The van der Waals surface area contributed by atoms with Crippen LogP contribution in [0.25, 0.3) is 0 Å². The Hall–Kier alpha value is -2.07. The van der Waals surface area contributed by atoms with Gasteiger partial charge in [0.05, 0.1) is 0 Å². The summed E-state index contributed by atoms with van der Waals surface area (Å²) in [4.78, 5) is 24.0. The van der Waals surface area contributed by atoms with Crippen LogP contribution in [0.4, 0.5) is 0 Å². The number of rotatable bonds is 5. The molecule has 2 aromatic carbocycles. The highest BCUT2D eigenvalue weighted by Crippen LogP contribution is 2.25. The summed E-state index contributed by atoms with van der Waals surface area (Å²) in [6.45, 7) is 3.74. The van der Waals surface area contributed by atoms with Crippen LogP contribution in [0.1, 0.15) is 27.0 Å². The van der Waals surface area contributed by atoms with Gasteiger partial charge in [-0.05, 0) is 37.0 Å². The molecule has 0 radical (unpaired) electrons. The number of aliphatic carboxylic acids is 1. The number of carbonyl (C=O) groups is 2. The van der Waals surface area contributed by atoms with Crippen LogP contribution in [-0.4, -0.2) is 21.4 Å². The third-order valence-electron chi connectivity index (χ3n) is 3.47. The van der Waals surface area contributed by atoms with Gasteiger partial charge in [0.1, 0.15) is 5.25 Å². The van der Waals surface area contributed by atoms with E-state index in [0.717, 1.165) is 28.5 Å². The maximum Gasteiger partial charge on any atom is 0.317 e. The molecule has 2 aromatic rings. The van der Waals surface area contributed by atoms with Crippen molar-refractivity contribution in [3.05, 3.63) is 70.8 Å². The van der Waals surface area contributed by atoms with Crippen LogP contribution >= 0.6 is 11.8 Å². The highest BCUT2D eigenvalue weighted by molar-refractivity contribution is 8.15. The Labute approximate surface area is 134 Å². The molecule has 0 aliphatic heterocycles. The van der Waals surface area contributed by atoms with Gasteiger partial charge in [-0.15, -0.1) is 0 Å². The summed E-state index contributed by atoms with van der Waals surface area (Å²) in [5.74, 6) is -0.964. The zero-order chi connectivity index (χ0) is 16.1. The number of carboxylic acids is 1. The van der Waals surface area contributed by atoms with Crippen LogP contribution in [0.15, 0.2) is 48.5 Å². The van der Waals surface area contributed by atoms with E-state index < -0.39 is 11.2 Å². The molecular formula is C18H18O3S. The Balaban J connectivity index is 2.18. The van der Waals surface area contributed by atoms with Gasteiger partial charge in [-0.1, -0.05) is 60.3 Å². The number of carboxylic acid groups (broad SMARTS) is 1. The molecule has 0 saturated carbocycles. The monoisotopic (exact) mass is 314 g/mol. The first kappa shape index (κ1) is 16.3. The van der Waals surface area contributed by atoms with Gasteiger partial charge in [0.15, 0.2) is 0 Å². The Bertz CT molecular complexity index is 660. The fourth-order valence-corrected chi connectivity index (χ4v) is 3.41. The van der Waals surface area contributed by atoms with Gasteiger partial charge in [-0.25, -0.2) is 0 Å². The number of aryl methyl sites for hydroxylation is 2. The van der Waals surface area contributed by atoms with E-state index in [-0.39, 0.29) is 5.12 Å². The van der Waals surface area contributed by atoms with Crippen molar-refractivity contribution in [2.24, 2.45) is 0 Å². The van der Waals surface area contributed by atoms with Crippen LogP contribution < -0.4 is 0 Å². The van der Waals surface area contributed by atoms with E-state index in [1.807, 2.05) is 62.4 Å². The fourth-order valence-electron chi connectivity index (χ4n) is 2.33. The van der Waals surface area contributed by atoms with Gasteiger partial charge in [0, 0.05) is 5.56 Å². The Morgan fingerprint density at radius 2 is 1.59 bits per heavy atom. The second-order valence-corrected chi connectivity index (χ2v) is 6.36. The molecule has 0 heterocycles. The first-order chi connectivity index (χ1) is 10.5. The average Bonchev–Trinajstić information content (AvgIpc) is 2.47. The Morgan fingerprint density at radius 1 is 1.00 bits per heavy atom. The molecule has 0 aliphatic rings. The molecule has 114 valence electrons. The van der Waals surface area contributed by atoms with Crippen LogP contribution in [0, 0.1) is 13.8 Å². The maximum atomic E-state index is 12.5. The Morgan fingerprint density at radius 3 is 2.14 bits per heavy atom. The van der Waals surface area contributed by atoms with Crippen molar-refractivity contribution < 1.29 is 14.7 Å². The minimum absolute atomic E-state index is 0.182. The summed E-state index contributed by atoms with van der Waals surface area (Å²) in [5.41, 5.74) is 3.28. The first-order valence-corrected chi connectivity index (χ1v) is 7.91. The Kier molecular flexibility index (Phi) is 5.39. The predicted molar refractivity (Wildman–Crippen MR) is 89.4 cm³/mol. The van der Waals surface area contributed by atoms with Gasteiger partial charge in [-0.2, -0.15) is 0 Å². The zero-order valence-corrected chi connectivity index (χ0v) is 13.4. The van der Waals surface area contributed by atoms with Gasteiger partial charge >= 0.3 is 5.97 Å². The van der Waals surface area contributed by atoms with Crippen molar-refractivity contribution in [2.75, 3.05) is 0 Å². The topological polar surface area (TPSA) is 54.4 Å². The summed E-state index contributed by atoms with van der Waals surface area (Å²) in [5, 5.41) is 8.43. The largest absolute Gasteiger partial charge is 0.480 e. The van der Waals surface area contributed by atoms with E-state index >= 15 is 0 Å². The van der Waals surface area contributed by atoms with E-state index in [1.165, 1.54) is 0 Å². The zero-order valence-electron chi connectivity index (χ0n) is 12.6. The highest BCUT2D eigenvalue weighted by Gasteiger charge is 2.24. The minimum Gasteiger partial charge on any atom is -0.480 e. The van der Waals surface area contributed by atoms with Crippen LogP contribution in [0.2, 0.25) is 0 Å². The molecule has 0 saturated heterocycles. The van der Waals surface area contributed by atoms with Crippen molar-refractivity contribution in [3.63, 3.8) is 0 Å². The third kappa shape index (κ3) is 3.98. The normalized spacial score (nSPS) is 11.9. The molecule has 0 aromatic heterocycles. The lowest BCUT2D eigenvalue weighted by Crippen LogP contribution is -2.21. The molecule has 2 rings (SSSR count). The van der Waals surface area contributed by atoms with Crippen molar-refractivity contribution in [2.45, 2.75) is 25.5 Å². The van der Waals surface area contributed by atoms with Crippen molar-refractivity contribution in [1.82, 2.24) is 0 Å². The summed E-state index contributed by atoms with van der Waals surface area (Å²) in [6.07, 6.45) is 0.331. The molecule has 0 fully saturated rings. The van der Waals surface area contributed by atoms with Crippen LogP contribution in [0.3, 0.4) is 0 Å². The number of hydrogen-bond donors (Lipinski definition) is 1. The molecule has 0 bridgehead atoms. The standard InChI is InChI=1S/C18H18O3S/c1-12-7-6-8-13(2)16(12)18(21)22-15(17(19)20)11-14-9-4-3-5-10-14/h3-10,15H,11H2,1-2H3,(H,19,20)/t15-/m1/s1. The number of thioether (sulfide) groups is 1. The highest BCUT2D eigenvalue weighted by atomic mass is 32.2. The molecule has 22 heavy (non-hydrogen) atoms. The van der Waals surface area contributed by atoms with Gasteiger partial charge < -0.3 is 5.11 Å². The summed E-state index contributed by atoms with van der Waals surface area (Å²) < 4.78 is 0. The van der Waals surface area contributed by atoms with E-state index in [4.69, 9.17) is 0 Å². The number of benzene rings is 2. The molecule has 1 N–H and O–H groups in total. The smallest absolute Gasteiger partial charge is 0.317 e.